The number of H-pyrrole nitrogens is 1. The second-order valence-corrected chi connectivity index (χ2v) is 11.7. The molecule has 3 aliphatic rings. The molecule has 6 rings (SSSR count). The van der Waals surface area contributed by atoms with Gasteiger partial charge in [-0.05, 0) is 60.9 Å². The average molecular weight is 663 g/mol. The van der Waals surface area contributed by atoms with Crippen molar-refractivity contribution >= 4 is 35.2 Å². The number of esters is 2. The molecule has 12 nitrogen and oxygen atoms in total. The van der Waals surface area contributed by atoms with Crippen LogP contribution in [-0.2, 0) is 25.4 Å². The highest BCUT2D eigenvalue weighted by molar-refractivity contribution is 5.91. The van der Waals surface area contributed by atoms with Crippen LogP contribution < -0.4 is 18.9 Å². The van der Waals surface area contributed by atoms with Gasteiger partial charge in [0, 0.05) is 42.9 Å². The van der Waals surface area contributed by atoms with E-state index < -0.39 is 24.1 Å². The number of carbonyl (C=O) groups excluding carboxylic acids is 2. The zero-order valence-corrected chi connectivity index (χ0v) is 27.7. The number of nitrogens with one attached hydrogen (secondary N) is 1. The topological polar surface area (TPSA) is 149 Å². The van der Waals surface area contributed by atoms with Crippen LogP contribution in [0.4, 0.5) is 0 Å². The summed E-state index contributed by atoms with van der Waals surface area (Å²) in [6.45, 7) is 1.68. The molecule has 2 aromatic carbocycles. The number of ether oxygens (including phenoxy) is 7. The van der Waals surface area contributed by atoms with Crippen molar-refractivity contribution in [3.63, 3.8) is 0 Å². The standard InChI is InChI=1S/C33H40N2O9.ClH.H2O/c1-38-19-7-8-20-21-9-10-35-16-18-13-27(44-32(36)17-11-25(39-2)30(41-4)26(12-17)40-3)31(42-5)28(33(37)43-6)22(18)15-24(35)29(21)34-23(20)14-19;;/h7-8,11-12,14,18,22,24,27-28,31,34H,9-10,13,15-16H2,1-6H3;1H;1H2/t18-,22+,24-,27-,28+,31+;;/m1../s1. The Morgan fingerprint density at radius 1 is 0.913 bits per heavy atom. The molecule has 13 heteroatoms. The summed E-state index contributed by atoms with van der Waals surface area (Å²) in [6.07, 6.45) is 0.920. The van der Waals surface area contributed by atoms with Gasteiger partial charge in [0.15, 0.2) is 11.5 Å². The highest BCUT2D eigenvalue weighted by Gasteiger charge is 2.54. The van der Waals surface area contributed by atoms with E-state index in [1.165, 1.54) is 45.1 Å². The van der Waals surface area contributed by atoms with Crippen molar-refractivity contribution in [2.75, 3.05) is 55.7 Å². The predicted octanol–water partition coefficient (Wildman–Crippen LogP) is 3.77. The van der Waals surface area contributed by atoms with Gasteiger partial charge in [-0.2, -0.15) is 0 Å². The third-order valence-electron chi connectivity index (χ3n) is 9.76. The van der Waals surface area contributed by atoms with E-state index in [0.29, 0.717) is 23.7 Å². The van der Waals surface area contributed by atoms with Gasteiger partial charge in [0.1, 0.15) is 18.0 Å². The molecule has 46 heavy (non-hydrogen) atoms. The van der Waals surface area contributed by atoms with E-state index in [1.807, 2.05) is 12.1 Å². The third kappa shape index (κ3) is 5.94. The van der Waals surface area contributed by atoms with Crippen molar-refractivity contribution in [3.05, 3.63) is 47.2 Å². The molecule has 0 unspecified atom stereocenters. The summed E-state index contributed by atoms with van der Waals surface area (Å²) in [4.78, 5) is 33.1. The summed E-state index contributed by atoms with van der Waals surface area (Å²) in [5.41, 5.74) is 3.83. The van der Waals surface area contributed by atoms with E-state index in [0.717, 1.165) is 37.2 Å². The lowest BCUT2D eigenvalue weighted by atomic mass is 9.63. The summed E-state index contributed by atoms with van der Waals surface area (Å²) in [7, 11) is 9.10. The molecule has 1 saturated heterocycles. The summed E-state index contributed by atoms with van der Waals surface area (Å²) < 4.78 is 39.1. The number of fused-ring (bicyclic) bond motifs is 6. The molecular formula is C33H43ClN2O10. The normalized spacial score (nSPS) is 25.0. The lowest BCUT2D eigenvalue weighted by Gasteiger charge is -2.52. The summed E-state index contributed by atoms with van der Waals surface area (Å²) in [6, 6.07) is 9.40. The number of halogens is 1. The molecular weight excluding hydrogens is 620 g/mol. The minimum atomic E-state index is -0.670. The van der Waals surface area contributed by atoms with Gasteiger partial charge in [0.25, 0.3) is 0 Å². The Kier molecular flexibility index (Phi) is 11.0. The van der Waals surface area contributed by atoms with Crippen LogP contribution in [0.2, 0.25) is 0 Å². The SMILES string of the molecule is COC(=O)[C@H]1[C@H]2C[C@@H]3c4[nH]c5cc(OC)ccc5c4CCN3C[C@H]2C[C@@H](OC(=O)c2cc(OC)c(OC)c(OC)c2)[C@@H]1OC.Cl.O. The van der Waals surface area contributed by atoms with Crippen molar-refractivity contribution in [1.29, 1.82) is 0 Å². The largest absolute Gasteiger partial charge is 0.497 e. The molecule has 1 saturated carbocycles. The van der Waals surface area contributed by atoms with Crippen LogP contribution in [0.1, 0.15) is 40.5 Å². The summed E-state index contributed by atoms with van der Waals surface area (Å²) in [5, 5.41) is 1.21. The van der Waals surface area contributed by atoms with Gasteiger partial charge in [-0.15, -0.1) is 12.4 Å². The lowest BCUT2D eigenvalue weighted by molar-refractivity contribution is -0.176. The second-order valence-electron chi connectivity index (χ2n) is 11.7. The van der Waals surface area contributed by atoms with E-state index in [1.54, 1.807) is 26.4 Å². The van der Waals surface area contributed by atoms with Gasteiger partial charge in [0.05, 0.1) is 53.1 Å². The zero-order valence-electron chi connectivity index (χ0n) is 26.9. The molecule has 0 amide bonds. The third-order valence-corrected chi connectivity index (χ3v) is 9.76. The molecule has 3 aromatic rings. The first kappa shape index (κ1) is 35.1. The van der Waals surface area contributed by atoms with E-state index in [2.05, 4.69) is 16.0 Å². The molecule has 1 aliphatic carbocycles. The van der Waals surface area contributed by atoms with Gasteiger partial charge < -0.3 is 43.6 Å². The first-order valence-corrected chi connectivity index (χ1v) is 14.9. The Labute approximate surface area is 274 Å². The van der Waals surface area contributed by atoms with Gasteiger partial charge in [0.2, 0.25) is 5.75 Å². The van der Waals surface area contributed by atoms with Crippen LogP contribution in [0.5, 0.6) is 23.0 Å². The number of aromatic amines is 1. The second kappa shape index (κ2) is 14.4. The van der Waals surface area contributed by atoms with Gasteiger partial charge in [-0.25, -0.2) is 4.79 Å². The zero-order chi connectivity index (χ0) is 31.1. The Balaban J connectivity index is 0.00000240. The Hall–Kier alpha value is -3.71. The Bertz CT molecular complexity index is 1540. The Morgan fingerprint density at radius 3 is 2.24 bits per heavy atom. The predicted molar refractivity (Wildman–Crippen MR) is 172 cm³/mol. The van der Waals surface area contributed by atoms with Crippen molar-refractivity contribution in [2.24, 2.45) is 17.8 Å². The number of rotatable bonds is 8. The quantitative estimate of drug-likeness (QED) is 0.353. The highest BCUT2D eigenvalue weighted by atomic mass is 35.5. The van der Waals surface area contributed by atoms with E-state index in [9.17, 15) is 9.59 Å². The molecule has 0 spiro atoms. The molecule has 3 heterocycles. The number of carbonyl (C=O) groups is 2. The molecule has 1 aromatic heterocycles. The van der Waals surface area contributed by atoms with Crippen molar-refractivity contribution < 1.29 is 48.2 Å². The molecule has 0 bridgehead atoms. The van der Waals surface area contributed by atoms with Crippen LogP contribution in [0.15, 0.2) is 30.3 Å². The highest BCUT2D eigenvalue weighted by Crippen LogP contribution is 2.51. The molecule has 6 atom stereocenters. The van der Waals surface area contributed by atoms with E-state index in [-0.39, 0.29) is 47.3 Å². The van der Waals surface area contributed by atoms with Crippen LogP contribution in [-0.4, -0.2) is 95.3 Å². The fourth-order valence-electron chi connectivity index (χ4n) is 7.76. The minimum absolute atomic E-state index is 0. The lowest BCUT2D eigenvalue weighted by Crippen LogP contribution is -2.58. The van der Waals surface area contributed by atoms with Crippen molar-refractivity contribution in [1.82, 2.24) is 9.88 Å². The maximum Gasteiger partial charge on any atom is 0.338 e. The fourth-order valence-corrected chi connectivity index (χ4v) is 7.76. The number of methoxy groups -OCH3 is 6. The number of aromatic nitrogens is 1. The molecule has 2 aliphatic heterocycles. The number of piperidine rings is 1. The first-order chi connectivity index (χ1) is 21.3. The smallest absolute Gasteiger partial charge is 0.338 e. The molecule has 0 radical (unpaired) electrons. The average Bonchev–Trinajstić information content (AvgIpc) is 3.43. The van der Waals surface area contributed by atoms with Crippen LogP contribution in [0.3, 0.4) is 0 Å². The minimum Gasteiger partial charge on any atom is -0.497 e. The van der Waals surface area contributed by atoms with E-state index in [4.69, 9.17) is 33.2 Å². The maximum atomic E-state index is 13.5. The molecule has 252 valence electrons. The molecule has 3 N–H and O–H groups in total. The van der Waals surface area contributed by atoms with Crippen LogP contribution in [0.25, 0.3) is 10.9 Å². The van der Waals surface area contributed by atoms with Gasteiger partial charge in [-0.3, -0.25) is 9.69 Å². The number of nitrogens with zero attached hydrogens (tertiary/aromatic N) is 1. The van der Waals surface area contributed by atoms with Crippen LogP contribution >= 0.6 is 12.4 Å². The molecule has 2 fully saturated rings. The number of hydrogen-bond donors (Lipinski definition) is 1. The summed E-state index contributed by atoms with van der Waals surface area (Å²) >= 11 is 0. The van der Waals surface area contributed by atoms with Gasteiger partial charge >= 0.3 is 11.9 Å². The Morgan fingerprint density at radius 2 is 1.63 bits per heavy atom. The van der Waals surface area contributed by atoms with Crippen molar-refractivity contribution in [2.45, 2.75) is 37.5 Å². The van der Waals surface area contributed by atoms with Crippen molar-refractivity contribution in [3.8, 4) is 23.0 Å². The monoisotopic (exact) mass is 662 g/mol. The fraction of sp³-hybridized carbons (Fsp3) is 0.515. The number of hydrogen-bond acceptors (Lipinski definition) is 10. The number of benzene rings is 2. The van der Waals surface area contributed by atoms with Gasteiger partial charge in [-0.1, -0.05) is 0 Å². The summed E-state index contributed by atoms with van der Waals surface area (Å²) in [5.74, 6) is 0.441. The first-order valence-electron chi connectivity index (χ1n) is 14.9. The van der Waals surface area contributed by atoms with Crippen LogP contribution in [0, 0.1) is 17.8 Å². The maximum absolute atomic E-state index is 13.5. The van der Waals surface area contributed by atoms with E-state index >= 15 is 0 Å².